The van der Waals surface area contributed by atoms with Gasteiger partial charge in [-0.05, 0) is 36.8 Å². The molecular weight excluding hydrogens is 412 g/mol. The SMILES string of the molecule is Cc1ccccc1C1=NOC2CN(S(=O)(=O)c3cccc(Oc4ccccc4)c3)CC12. The lowest BCUT2D eigenvalue weighted by Crippen LogP contribution is -2.30. The van der Waals surface area contributed by atoms with Crippen LogP contribution in [0.25, 0.3) is 0 Å². The van der Waals surface area contributed by atoms with Gasteiger partial charge in [0.05, 0.1) is 23.1 Å². The minimum Gasteiger partial charge on any atom is -0.457 e. The average Bonchev–Trinajstić information content (AvgIpc) is 3.37. The first-order valence-corrected chi connectivity index (χ1v) is 11.6. The summed E-state index contributed by atoms with van der Waals surface area (Å²) in [4.78, 5) is 5.82. The van der Waals surface area contributed by atoms with Crippen molar-refractivity contribution in [3.63, 3.8) is 0 Å². The van der Waals surface area contributed by atoms with Gasteiger partial charge >= 0.3 is 0 Å². The minimum atomic E-state index is -3.69. The third-order valence-corrected chi connectivity index (χ3v) is 7.54. The van der Waals surface area contributed by atoms with E-state index in [0.29, 0.717) is 18.0 Å². The molecule has 31 heavy (non-hydrogen) atoms. The molecule has 1 saturated heterocycles. The Labute approximate surface area is 181 Å². The van der Waals surface area contributed by atoms with Gasteiger partial charge in [0.1, 0.15) is 11.5 Å². The van der Waals surface area contributed by atoms with Crippen molar-refractivity contribution >= 4 is 15.7 Å². The molecular formula is C24H22N2O4S. The molecule has 2 aliphatic rings. The first-order chi connectivity index (χ1) is 15.0. The van der Waals surface area contributed by atoms with Crippen LogP contribution in [0.15, 0.2) is 88.9 Å². The second-order valence-electron chi connectivity index (χ2n) is 7.75. The summed E-state index contributed by atoms with van der Waals surface area (Å²) in [5.74, 6) is 1.05. The first-order valence-electron chi connectivity index (χ1n) is 10.2. The summed E-state index contributed by atoms with van der Waals surface area (Å²) >= 11 is 0. The lowest BCUT2D eigenvalue weighted by Gasteiger charge is -2.18. The van der Waals surface area contributed by atoms with Crippen LogP contribution in [0.5, 0.6) is 11.5 Å². The minimum absolute atomic E-state index is 0.0837. The average molecular weight is 435 g/mol. The van der Waals surface area contributed by atoms with Crippen molar-refractivity contribution in [2.24, 2.45) is 11.1 Å². The molecule has 2 atom stereocenters. The van der Waals surface area contributed by atoms with Crippen LogP contribution in [0.4, 0.5) is 0 Å². The van der Waals surface area contributed by atoms with Crippen LogP contribution in [0, 0.1) is 12.8 Å². The maximum atomic E-state index is 13.4. The quantitative estimate of drug-likeness (QED) is 0.603. The van der Waals surface area contributed by atoms with Crippen molar-refractivity contribution < 1.29 is 18.0 Å². The van der Waals surface area contributed by atoms with Gasteiger partial charge in [0.25, 0.3) is 0 Å². The molecule has 158 valence electrons. The molecule has 0 aliphatic carbocycles. The number of oxime groups is 1. The van der Waals surface area contributed by atoms with E-state index >= 15 is 0 Å². The van der Waals surface area contributed by atoms with Crippen LogP contribution in [-0.4, -0.2) is 37.6 Å². The second-order valence-corrected chi connectivity index (χ2v) is 9.69. The molecule has 2 unspecified atom stereocenters. The Morgan fingerprint density at radius 1 is 0.935 bits per heavy atom. The van der Waals surface area contributed by atoms with Gasteiger partial charge in [0, 0.05) is 18.2 Å². The third-order valence-electron chi connectivity index (χ3n) is 5.71. The fourth-order valence-electron chi connectivity index (χ4n) is 4.08. The summed E-state index contributed by atoms with van der Waals surface area (Å²) < 4.78 is 34.0. The van der Waals surface area contributed by atoms with Crippen LogP contribution in [0.3, 0.4) is 0 Å². The largest absolute Gasteiger partial charge is 0.457 e. The maximum Gasteiger partial charge on any atom is 0.243 e. The zero-order valence-electron chi connectivity index (χ0n) is 17.0. The fourth-order valence-corrected chi connectivity index (χ4v) is 5.59. The van der Waals surface area contributed by atoms with Gasteiger partial charge in [-0.1, -0.05) is 53.7 Å². The van der Waals surface area contributed by atoms with Crippen molar-refractivity contribution in [3.05, 3.63) is 90.0 Å². The highest BCUT2D eigenvalue weighted by atomic mass is 32.2. The Morgan fingerprint density at radius 2 is 1.68 bits per heavy atom. The van der Waals surface area contributed by atoms with Crippen LogP contribution in [0.2, 0.25) is 0 Å². The molecule has 1 fully saturated rings. The molecule has 5 rings (SSSR count). The number of sulfonamides is 1. The number of aryl methyl sites for hydroxylation is 1. The Balaban J connectivity index is 1.37. The molecule has 0 aromatic heterocycles. The van der Waals surface area contributed by atoms with Gasteiger partial charge < -0.3 is 9.57 Å². The smallest absolute Gasteiger partial charge is 0.243 e. The highest BCUT2D eigenvalue weighted by molar-refractivity contribution is 7.89. The predicted octanol–water partition coefficient (Wildman–Crippen LogP) is 4.21. The number of hydrogen-bond acceptors (Lipinski definition) is 5. The molecule has 2 heterocycles. The molecule has 3 aromatic rings. The van der Waals surface area contributed by atoms with E-state index in [1.807, 2.05) is 61.5 Å². The zero-order valence-corrected chi connectivity index (χ0v) is 17.8. The van der Waals surface area contributed by atoms with E-state index in [-0.39, 0.29) is 23.5 Å². The molecule has 3 aromatic carbocycles. The highest BCUT2D eigenvalue weighted by Crippen LogP contribution is 2.34. The zero-order chi connectivity index (χ0) is 21.4. The Hall–Kier alpha value is -3.16. The standard InChI is InChI=1S/C24H22N2O4S/c1-17-8-5-6-13-21(17)24-22-15-26(16-23(22)30-25-24)31(27,28)20-12-7-11-19(14-20)29-18-9-3-2-4-10-18/h2-14,22-23H,15-16H2,1H3. The van der Waals surface area contributed by atoms with Crippen LogP contribution in [-0.2, 0) is 14.9 Å². The summed E-state index contributed by atoms with van der Waals surface area (Å²) in [5, 5.41) is 4.28. The summed E-state index contributed by atoms with van der Waals surface area (Å²) in [6.45, 7) is 2.63. The molecule has 6 nitrogen and oxygen atoms in total. The predicted molar refractivity (Wildman–Crippen MR) is 118 cm³/mol. The number of ether oxygens (including phenoxy) is 1. The van der Waals surface area contributed by atoms with Gasteiger partial charge in [-0.15, -0.1) is 0 Å². The van der Waals surface area contributed by atoms with E-state index in [1.54, 1.807) is 24.3 Å². The summed E-state index contributed by atoms with van der Waals surface area (Å²) in [7, 11) is -3.69. The summed E-state index contributed by atoms with van der Waals surface area (Å²) in [6.07, 6.45) is -0.270. The first kappa shape index (κ1) is 19.8. The third kappa shape index (κ3) is 3.71. The van der Waals surface area contributed by atoms with Crippen molar-refractivity contribution in [1.82, 2.24) is 4.31 Å². The lowest BCUT2D eigenvalue weighted by atomic mass is 9.92. The fraction of sp³-hybridized carbons (Fsp3) is 0.208. The highest BCUT2D eigenvalue weighted by Gasteiger charge is 2.47. The van der Waals surface area contributed by atoms with Crippen molar-refractivity contribution in [2.75, 3.05) is 13.1 Å². The number of para-hydroxylation sites is 1. The monoisotopic (exact) mass is 434 g/mol. The van der Waals surface area contributed by atoms with E-state index in [1.165, 1.54) is 4.31 Å². The molecule has 0 saturated carbocycles. The summed E-state index contributed by atoms with van der Waals surface area (Å²) in [6, 6.07) is 23.8. The van der Waals surface area contributed by atoms with Crippen molar-refractivity contribution in [3.8, 4) is 11.5 Å². The number of fused-ring (bicyclic) bond motifs is 1. The van der Waals surface area contributed by atoms with E-state index in [9.17, 15) is 8.42 Å². The molecule has 0 N–H and O–H groups in total. The normalized spacial score (nSPS) is 20.7. The lowest BCUT2D eigenvalue weighted by molar-refractivity contribution is 0.0803. The number of hydrogen-bond donors (Lipinski definition) is 0. The van der Waals surface area contributed by atoms with Crippen LogP contribution in [0.1, 0.15) is 11.1 Å². The Kier molecular flexibility index (Phi) is 5.00. The second kappa shape index (κ2) is 7.83. The van der Waals surface area contributed by atoms with E-state index < -0.39 is 10.0 Å². The molecule has 2 aliphatic heterocycles. The van der Waals surface area contributed by atoms with E-state index in [2.05, 4.69) is 5.16 Å². The topological polar surface area (TPSA) is 68.2 Å². The van der Waals surface area contributed by atoms with Gasteiger partial charge in [0.2, 0.25) is 10.0 Å². The van der Waals surface area contributed by atoms with E-state index in [4.69, 9.17) is 9.57 Å². The summed E-state index contributed by atoms with van der Waals surface area (Å²) in [5.41, 5.74) is 2.92. The van der Waals surface area contributed by atoms with Crippen molar-refractivity contribution in [1.29, 1.82) is 0 Å². The van der Waals surface area contributed by atoms with Crippen LogP contribution < -0.4 is 4.74 Å². The molecule has 7 heteroatoms. The van der Waals surface area contributed by atoms with Gasteiger partial charge in [0.15, 0.2) is 6.10 Å². The number of benzene rings is 3. The van der Waals surface area contributed by atoms with Crippen molar-refractivity contribution in [2.45, 2.75) is 17.9 Å². The van der Waals surface area contributed by atoms with Crippen LogP contribution >= 0.6 is 0 Å². The molecule has 0 amide bonds. The maximum absolute atomic E-state index is 13.4. The van der Waals surface area contributed by atoms with E-state index in [0.717, 1.165) is 16.8 Å². The number of rotatable bonds is 5. The van der Waals surface area contributed by atoms with Gasteiger partial charge in [-0.3, -0.25) is 0 Å². The van der Waals surface area contributed by atoms with Gasteiger partial charge in [-0.2, -0.15) is 4.31 Å². The molecule has 0 radical (unpaired) electrons. The molecule has 0 bridgehead atoms. The Bertz CT molecular complexity index is 1240. The number of nitrogens with zero attached hydrogens (tertiary/aromatic N) is 2. The Morgan fingerprint density at radius 3 is 2.48 bits per heavy atom. The molecule has 0 spiro atoms. The van der Waals surface area contributed by atoms with Gasteiger partial charge in [-0.25, -0.2) is 8.42 Å².